The summed E-state index contributed by atoms with van der Waals surface area (Å²) in [6.45, 7) is 3.28. The second-order valence-corrected chi connectivity index (χ2v) is 11.2. The number of methoxy groups -OCH3 is 1. The molecule has 10 heteroatoms. The Hall–Kier alpha value is -2.82. The second kappa shape index (κ2) is 11.1. The van der Waals surface area contributed by atoms with Crippen molar-refractivity contribution in [3.8, 4) is 11.1 Å². The van der Waals surface area contributed by atoms with Gasteiger partial charge in [0.1, 0.15) is 5.01 Å². The molecule has 0 radical (unpaired) electrons. The molecule has 0 aliphatic rings. The molecule has 2 aromatic carbocycles. The highest BCUT2D eigenvalue weighted by atomic mass is 32.2. The van der Waals surface area contributed by atoms with Crippen LogP contribution in [-0.2, 0) is 19.4 Å². The van der Waals surface area contributed by atoms with Crippen LogP contribution in [0.15, 0.2) is 42.5 Å². The van der Waals surface area contributed by atoms with Gasteiger partial charge < -0.3 is 15.0 Å². The minimum atomic E-state index is -3.69. The number of aromatic nitrogens is 1. The van der Waals surface area contributed by atoms with Gasteiger partial charge in [0.2, 0.25) is 5.91 Å². The van der Waals surface area contributed by atoms with Crippen molar-refractivity contribution in [3.05, 3.63) is 53.0 Å². The van der Waals surface area contributed by atoms with Gasteiger partial charge in [0.05, 0.1) is 16.8 Å². The zero-order valence-electron chi connectivity index (χ0n) is 19.7. The number of carbonyl (C=O) groups is 2. The molecule has 182 valence electrons. The predicted octanol–water partition coefficient (Wildman–Crippen LogP) is 3.29. The smallest absolute Gasteiger partial charge is 0.253 e. The lowest BCUT2D eigenvalue weighted by Gasteiger charge is -2.16. The Morgan fingerprint density at radius 3 is 2.44 bits per heavy atom. The standard InChI is InChI=1S/C24H29N3O5S2/c1-5-12-25-22(28)21(34(4,30)31)23-26-19-11-10-18(15-20(19)33-23)16-6-8-17(9-7-16)24(29)27(2)13-14-32-3/h6-11,15,21H,5,12-14H2,1-4H3,(H,25,28). The minimum Gasteiger partial charge on any atom is -0.383 e. The first kappa shape index (κ1) is 25.8. The van der Waals surface area contributed by atoms with Gasteiger partial charge in [-0.25, -0.2) is 13.4 Å². The van der Waals surface area contributed by atoms with E-state index in [1.807, 2.05) is 37.3 Å². The second-order valence-electron chi connectivity index (χ2n) is 8.03. The first-order valence-electron chi connectivity index (χ1n) is 10.9. The quantitative estimate of drug-likeness (QED) is 0.455. The number of carbonyl (C=O) groups excluding carboxylic acids is 2. The fraction of sp³-hybridized carbons (Fsp3) is 0.375. The molecule has 0 spiro atoms. The summed E-state index contributed by atoms with van der Waals surface area (Å²) in [4.78, 5) is 31.1. The van der Waals surface area contributed by atoms with Gasteiger partial charge >= 0.3 is 0 Å². The van der Waals surface area contributed by atoms with Crippen LogP contribution in [0.3, 0.4) is 0 Å². The number of nitrogens with zero attached hydrogens (tertiary/aromatic N) is 2. The molecule has 3 aromatic rings. The Labute approximate surface area is 203 Å². The van der Waals surface area contributed by atoms with Crippen molar-refractivity contribution >= 4 is 43.2 Å². The van der Waals surface area contributed by atoms with Crippen LogP contribution >= 0.6 is 11.3 Å². The van der Waals surface area contributed by atoms with E-state index < -0.39 is 21.0 Å². The van der Waals surface area contributed by atoms with E-state index in [0.29, 0.717) is 37.2 Å². The molecule has 3 rings (SSSR count). The first-order valence-corrected chi connectivity index (χ1v) is 13.6. The molecule has 1 N–H and O–H groups in total. The topological polar surface area (TPSA) is 106 Å². The molecule has 0 fully saturated rings. The summed E-state index contributed by atoms with van der Waals surface area (Å²) in [6.07, 6.45) is 1.76. The average molecular weight is 504 g/mol. The maximum atomic E-state index is 12.5. The largest absolute Gasteiger partial charge is 0.383 e. The molecule has 2 amide bonds. The van der Waals surface area contributed by atoms with Crippen molar-refractivity contribution in [2.24, 2.45) is 0 Å². The van der Waals surface area contributed by atoms with Crippen molar-refractivity contribution < 1.29 is 22.7 Å². The molecule has 0 aliphatic carbocycles. The number of hydrogen-bond acceptors (Lipinski definition) is 7. The summed E-state index contributed by atoms with van der Waals surface area (Å²) in [6, 6.07) is 12.9. The highest BCUT2D eigenvalue weighted by molar-refractivity contribution is 7.91. The van der Waals surface area contributed by atoms with Gasteiger partial charge in [-0.05, 0) is 41.8 Å². The maximum Gasteiger partial charge on any atom is 0.253 e. The number of benzene rings is 2. The Morgan fingerprint density at radius 1 is 1.15 bits per heavy atom. The number of sulfone groups is 1. The highest BCUT2D eigenvalue weighted by Crippen LogP contribution is 2.33. The van der Waals surface area contributed by atoms with Crippen molar-refractivity contribution in [1.29, 1.82) is 0 Å². The lowest BCUT2D eigenvalue weighted by Crippen LogP contribution is -2.33. The first-order chi connectivity index (χ1) is 16.2. The SMILES string of the molecule is CCCNC(=O)C(c1nc2ccc(-c3ccc(C(=O)N(C)CCOC)cc3)cc2s1)S(C)(=O)=O. The molecule has 1 heterocycles. The molecule has 0 saturated carbocycles. The summed E-state index contributed by atoms with van der Waals surface area (Å²) in [5.41, 5.74) is 3.03. The monoisotopic (exact) mass is 503 g/mol. The van der Waals surface area contributed by atoms with E-state index in [9.17, 15) is 18.0 Å². The summed E-state index contributed by atoms with van der Waals surface area (Å²) >= 11 is 1.20. The zero-order valence-corrected chi connectivity index (χ0v) is 21.3. The molecule has 1 atom stereocenters. The van der Waals surface area contributed by atoms with E-state index in [0.717, 1.165) is 22.1 Å². The van der Waals surface area contributed by atoms with Crippen LogP contribution in [0.4, 0.5) is 0 Å². The number of amides is 2. The third kappa shape index (κ3) is 5.99. The molecule has 8 nitrogen and oxygen atoms in total. The van der Waals surface area contributed by atoms with Crippen LogP contribution in [0.2, 0.25) is 0 Å². The highest BCUT2D eigenvalue weighted by Gasteiger charge is 2.33. The minimum absolute atomic E-state index is 0.0840. The number of hydrogen-bond donors (Lipinski definition) is 1. The fourth-order valence-electron chi connectivity index (χ4n) is 3.42. The normalized spacial score (nSPS) is 12.5. The van der Waals surface area contributed by atoms with Gasteiger partial charge in [-0.3, -0.25) is 9.59 Å². The van der Waals surface area contributed by atoms with E-state index in [1.54, 1.807) is 31.2 Å². The van der Waals surface area contributed by atoms with Gasteiger partial charge in [-0.2, -0.15) is 0 Å². The van der Waals surface area contributed by atoms with Gasteiger partial charge in [-0.1, -0.05) is 25.1 Å². The van der Waals surface area contributed by atoms with Crippen molar-refractivity contribution in [1.82, 2.24) is 15.2 Å². The summed E-state index contributed by atoms with van der Waals surface area (Å²) in [7, 11) is -0.363. The number of nitrogens with one attached hydrogen (secondary N) is 1. The zero-order chi connectivity index (χ0) is 24.9. The molecule has 0 bridgehead atoms. The number of fused-ring (bicyclic) bond motifs is 1. The summed E-state index contributed by atoms with van der Waals surface area (Å²) in [5.74, 6) is -0.640. The van der Waals surface area contributed by atoms with E-state index >= 15 is 0 Å². The van der Waals surface area contributed by atoms with Crippen molar-refractivity contribution in [2.45, 2.75) is 18.6 Å². The summed E-state index contributed by atoms with van der Waals surface area (Å²) < 4.78 is 30.5. The van der Waals surface area contributed by atoms with Gasteiger partial charge in [0.25, 0.3) is 5.91 Å². The van der Waals surface area contributed by atoms with Crippen molar-refractivity contribution in [3.63, 3.8) is 0 Å². The Kier molecular flexibility index (Phi) is 8.40. The molecule has 0 saturated heterocycles. The number of likely N-dealkylation sites (N-methyl/N-ethyl adjacent to an activating group) is 1. The third-order valence-corrected chi connectivity index (χ3v) is 7.81. The lowest BCUT2D eigenvalue weighted by atomic mass is 10.0. The van der Waals surface area contributed by atoms with Crippen molar-refractivity contribution in [2.75, 3.05) is 40.1 Å². The lowest BCUT2D eigenvalue weighted by molar-refractivity contribution is -0.120. The molecule has 34 heavy (non-hydrogen) atoms. The molecule has 1 unspecified atom stereocenters. The van der Waals surface area contributed by atoms with E-state index in [4.69, 9.17) is 4.74 Å². The van der Waals surface area contributed by atoms with Crippen LogP contribution in [0.25, 0.3) is 21.3 Å². The molecule has 0 aliphatic heterocycles. The Bertz CT molecular complexity index is 1270. The van der Waals surface area contributed by atoms with E-state index in [2.05, 4.69) is 10.3 Å². The predicted molar refractivity (Wildman–Crippen MR) is 135 cm³/mol. The average Bonchev–Trinajstić information content (AvgIpc) is 3.22. The third-order valence-electron chi connectivity index (χ3n) is 5.29. The Morgan fingerprint density at radius 2 is 1.82 bits per heavy atom. The van der Waals surface area contributed by atoms with Crippen LogP contribution in [0.1, 0.15) is 34.0 Å². The fourth-order valence-corrected chi connectivity index (χ4v) is 5.97. The van der Waals surface area contributed by atoms with E-state index in [-0.39, 0.29) is 10.9 Å². The number of rotatable bonds is 10. The molecule has 1 aromatic heterocycles. The molecular formula is C24H29N3O5S2. The van der Waals surface area contributed by atoms with Crippen LogP contribution in [0.5, 0.6) is 0 Å². The number of thiazole rings is 1. The van der Waals surface area contributed by atoms with Gasteiger partial charge in [0.15, 0.2) is 15.1 Å². The van der Waals surface area contributed by atoms with E-state index in [1.165, 1.54) is 11.3 Å². The van der Waals surface area contributed by atoms with Crippen LogP contribution < -0.4 is 5.32 Å². The van der Waals surface area contributed by atoms with Gasteiger partial charge in [-0.15, -0.1) is 11.3 Å². The van der Waals surface area contributed by atoms with Crippen LogP contribution in [0, 0.1) is 0 Å². The van der Waals surface area contributed by atoms with Gasteiger partial charge in [0, 0.05) is 39.1 Å². The van der Waals surface area contributed by atoms with Crippen LogP contribution in [-0.4, -0.2) is 70.2 Å². The molecular weight excluding hydrogens is 474 g/mol. The number of ether oxygens (including phenoxy) is 1. The summed E-state index contributed by atoms with van der Waals surface area (Å²) in [5, 5.41) is 1.58. The Balaban J connectivity index is 1.87. The maximum absolute atomic E-state index is 12.5.